The molecule has 2 aromatic heterocycles. The number of hydrogen-bond donors (Lipinski definition) is 3. The first kappa shape index (κ1) is 29.3. The summed E-state index contributed by atoms with van der Waals surface area (Å²) < 4.78 is 53.8. The van der Waals surface area contributed by atoms with Crippen molar-refractivity contribution >= 4 is 29.8 Å². The molecule has 0 saturated carbocycles. The number of aliphatic imine (C=N–C) groups is 1. The van der Waals surface area contributed by atoms with Crippen molar-refractivity contribution < 1.29 is 37.9 Å². The number of hydrogen-bond acceptors (Lipinski definition) is 10. The molecule has 0 bridgehead atoms. The quantitative estimate of drug-likeness (QED) is 0.226. The number of halogens is 3. The van der Waals surface area contributed by atoms with E-state index in [0.717, 1.165) is 0 Å². The molecular formula is C27H30ClF2N5O6. The molecule has 4 atom stereocenters. The van der Waals surface area contributed by atoms with E-state index in [-0.39, 0.29) is 66.5 Å². The fourth-order valence-electron chi connectivity index (χ4n) is 4.67. The Kier molecular flexibility index (Phi) is 8.55. The smallest absolute Gasteiger partial charge is 0.235 e. The molecule has 220 valence electrons. The summed E-state index contributed by atoms with van der Waals surface area (Å²) in [6, 6.07) is 3.85. The van der Waals surface area contributed by atoms with Gasteiger partial charge in [0.05, 0.1) is 42.8 Å². The Morgan fingerprint density at radius 2 is 1.93 bits per heavy atom. The molecule has 2 fully saturated rings. The van der Waals surface area contributed by atoms with Crippen LogP contribution in [0.25, 0.3) is 11.1 Å². The van der Waals surface area contributed by atoms with Gasteiger partial charge in [0, 0.05) is 11.8 Å². The number of nitrogens with one attached hydrogen (secondary N) is 1. The summed E-state index contributed by atoms with van der Waals surface area (Å²) in [4.78, 5) is 8.09. The largest absolute Gasteiger partial charge is 0.471 e. The molecule has 0 radical (unpaired) electrons. The van der Waals surface area contributed by atoms with Crippen molar-refractivity contribution in [2.75, 3.05) is 25.3 Å². The van der Waals surface area contributed by atoms with Crippen LogP contribution in [0.15, 0.2) is 35.6 Å². The number of pyridine rings is 1. The van der Waals surface area contributed by atoms with Gasteiger partial charge in [0.15, 0.2) is 5.82 Å². The lowest BCUT2D eigenvalue weighted by atomic mass is 10.1. The van der Waals surface area contributed by atoms with Gasteiger partial charge in [0.1, 0.15) is 54.4 Å². The highest BCUT2D eigenvalue weighted by Crippen LogP contribution is 2.34. The molecule has 2 aliphatic heterocycles. The zero-order chi connectivity index (χ0) is 29.3. The summed E-state index contributed by atoms with van der Waals surface area (Å²) >= 11 is 6.34. The summed E-state index contributed by atoms with van der Waals surface area (Å²) in [6.07, 6.45) is 1.26. The monoisotopic (exact) mass is 593 g/mol. The molecular weight excluding hydrogens is 564 g/mol. The zero-order valence-electron chi connectivity index (χ0n) is 22.4. The molecule has 1 aromatic carbocycles. The Morgan fingerprint density at radius 1 is 1.20 bits per heavy atom. The van der Waals surface area contributed by atoms with E-state index >= 15 is 0 Å². The predicted octanol–water partition coefficient (Wildman–Crippen LogP) is 3.47. The van der Waals surface area contributed by atoms with Gasteiger partial charge in [-0.15, -0.1) is 0 Å². The van der Waals surface area contributed by atoms with Gasteiger partial charge in [-0.05, 0) is 44.3 Å². The molecule has 0 aliphatic carbocycles. The van der Waals surface area contributed by atoms with Gasteiger partial charge >= 0.3 is 0 Å². The Balaban J connectivity index is 1.22. The first-order valence-corrected chi connectivity index (χ1v) is 13.2. The van der Waals surface area contributed by atoms with E-state index < -0.39 is 36.1 Å². The molecule has 2 saturated heterocycles. The van der Waals surface area contributed by atoms with Gasteiger partial charge in [-0.1, -0.05) is 11.6 Å². The highest BCUT2D eigenvalue weighted by molar-refractivity contribution is 6.32. The highest BCUT2D eigenvalue weighted by Gasteiger charge is 2.47. The van der Waals surface area contributed by atoms with Crippen molar-refractivity contribution in [2.45, 2.75) is 57.0 Å². The van der Waals surface area contributed by atoms with Crippen LogP contribution in [-0.4, -0.2) is 81.7 Å². The average Bonchev–Trinajstić information content (AvgIpc) is 3.62. The number of anilines is 1. The van der Waals surface area contributed by atoms with Crippen LogP contribution in [0.3, 0.4) is 0 Å². The number of aliphatic hydroxyl groups is 2. The van der Waals surface area contributed by atoms with Crippen LogP contribution in [-0.2, 0) is 27.4 Å². The third-order valence-electron chi connectivity index (χ3n) is 6.63. The fourth-order valence-corrected chi connectivity index (χ4v) is 4.88. The summed E-state index contributed by atoms with van der Waals surface area (Å²) in [5.74, 6) is -1.58. The van der Waals surface area contributed by atoms with Gasteiger partial charge in [0.2, 0.25) is 5.88 Å². The number of benzene rings is 1. The first-order chi connectivity index (χ1) is 19.5. The van der Waals surface area contributed by atoms with Gasteiger partial charge < -0.3 is 34.5 Å². The minimum absolute atomic E-state index is 0.0386. The maximum atomic E-state index is 14.9. The molecule has 3 N–H and O–H groups in total. The molecule has 11 nitrogen and oxygen atoms in total. The second kappa shape index (κ2) is 12.0. The molecule has 0 amide bonds. The number of aromatic nitrogens is 3. The molecule has 3 aromatic rings. The van der Waals surface area contributed by atoms with Crippen molar-refractivity contribution in [1.82, 2.24) is 14.8 Å². The minimum atomic E-state index is -0.996. The number of fused-ring (bicyclic) bond motifs is 1. The third kappa shape index (κ3) is 6.66. The minimum Gasteiger partial charge on any atom is -0.471 e. The van der Waals surface area contributed by atoms with Crippen LogP contribution < -0.4 is 10.1 Å². The molecule has 0 spiro atoms. The van der Waals surface area contributed by atoms with Crippen LogP contribution >= 0.6 is 11.6 Å². The number of rotatable bonds is 11. The van der Waals surface area contributed by atoms with Crippen LogP contribution in [0.2, 0.25) is 5.02 Å². The van der Waals surface area contributed by atoms with E-state index in [9.17, 15) is 19.0 Å². The second-order valence-electron chi connectivity index (χ2n) is 10.4. The first-order valence-electron chi connectivity index (χ1n) is 12.8. The number of ether oxygens (including phenoxy) is 4. The van der Waals surface area contributed by atoms with Gasteiger partial charge in [-0.25, -0.2) is 13.8 Å². The second-order valence-corrected chi connectivity index (χ2v) is 10.8. The lowest BCUT2D eigenvalue weighted by molar-refractivity contribution is -0.0311. The molecule has 41 heavy (non-hydrogen) atoms. The van der Waals surface area contributed by atoms with Crippen molar-refractivity contribution in [2.24, 2.45) is 4.99 Å². The molecule has 0 unspecified atom stereocenters. The number of aliphatic hydroxyl groups excluding tert-OH is 1. The summed E-state index contributed by atoms with van der Waals surface area (Å²) in [7, 11) is 0. The van der Waals surface area contributed by atoms with Gasteiger partial charge in [-0.3, -0.25) is 4.68 Å². The Labute approximate surface area is 239 Å². The van der Waals surface area contributed by atoms with Crippen molar-refractivity contribution in [3.8, 4) is 17.0 Å². The van der Waals surface area contributed by atoms with Crippen molar-refractivity contribution in [1.29, 1.82) is 0 Å². The normalized spacial score (nSPS) is 22.1. The zero-order valence-corrected chi connectivity index (χ0v) is 23.1. The summed E-state index contributed by atoms with van der Waals surface area (Å²) in [5, 5.41) is 27.0. The van der Waals surface area contributed by atoms with E-state index in [1.54, 1.807) is 20.0 Å². The molecule has 2 aliphatic rings. The average molecular weight is 594 g/mol. The van der Waals surface area contributed by atoms with Gasteiger partial charge in [0.25, 0.3) is 0 Å². The van der Waals surface area contributed by atoms with E-state index in [2.05, 4.69) is 27.1 Å². The van der Waals surface area contributed by atoms with Crippen molar-refractivity contribution in [3.05, 3.63) is 52.8 Å². The molecule has 14 heteroatoms. The van der Waals surface area contributed by atoms with Crippen LogP contribution in [0.4, 0.5) is 20.3 Å². The Bertz CT molecular complexity index is 1390. The molecule has 5 rings (SSSR count). The molecule has 4 heterocycles. The number of nitrogens with zero attached hydrogens (tertiary/aromatic N) is 4. The van der Waals surface area contributed by atoms with E-state index in [0.29, 0.717) is 11.3 Å². The Hall–Kier alpha value is -3.20. The van der Waals surface area contributed by atoms with E-state index in [4.69, 9.17) is 30.5 Å². The fraction of sp³-hybridized carbons (Fsp3) is 0.444. The van der Waals surface area contributed by atoms with E-state index in [1.807, 2.05) is 0 Å². The maximum absolute atomic E-state index is 14.9. The van der Waals surface area contributed by atoms with Crippen molar-refractivity contribution in [3.63, 3.8) is 0 Å². The third-order valence-corrected chi connectivity index (χ3v) is 6.90. The maximum Gasteiger partial charge on any atom is 0.235 e. The van der Waals surface area contributed by atoms with Crippen LogP contribution in [0.1, 0.15) is 19.4 Å². The topological polar surface area (TPSA) is 132 Å². The highest BCUT2D eigenvalue weighted by atomic mass is 35.5. The lowest BCUT2D eigenvalue weighted by Gasteiger charge is -2.18. The van der Waals surface area contributed by atoms with E-state index in [1.165, 1.54) is 29.1 Å². The Morgan fingerprint density at radius 3 is 2.63 bits per heavy atom. The summed E-state index contributed by atoms with van der Waals surface area (Å²) in [5.41, 5.74) is -0.133. The summed E-state index contributed by atoms with van der Waals surface area (Å²) in [6.45, 7) is 7.03. The SMILES string of the molecule is C=Nc1nc(OCc2c(F)cc(-c3cnn(CC(C)(C)O)c3)cc2F)c(Cl)cc1NCO[C@@H]1CO[C@H]2[C@@H]1OC[C@H]2O. The van der Waals surface area contributed by atoms with Crippen LogP contribution in [0.5, 0.6) is 5.88 Å². The standard InChI is InChI=1S/C27H30ClF2N5O6/c1-27(2,37)12-35-8-15(7-33-35)14-4-18(29)16(19(30)5-14)9-40-26-17(28)6-20(25(31-3)34-26)32-13-41-22-11-39-23-21(36)10-38-24(22)23/h4-8,21-24,32,36-37H,3,9-13H2,1-2H3/t21-,22-,23-,24-/m1/s1. The lowest BCUT2D eigenvalue weighted by Crippen LogP contribution is -2.33. The van der Waals surface area contributed by atoms with Crippen LogP contribution in [0, 0.1) is 11.6 Å². The van der Waals surface area contributed by atoms with Gasteiger partial charge in [-0.2, -0.15) is 10.1 Å². The predicted molar refractivity (Wildman–Crippen MR) is 146 cm³/mol.